The topological polar surface area (TPSA) is 0 Å². The summed E-state index contributed by atoms with van der Waals surface area (Å²) < 4.78 is 10.7. The van der Waals surface area contributed by atoms with Gasteiger partial charge >= 0.3 is 30.9 Å². The van der Waals surface area contributed by atoms with Crippen molar-refractivity contribution in [1.82, 2.24) is 0 Å². The van der Waals surface area contributed by atoms with Crippen molar-refractivity contribution >= 4 is 15.9 Å². The Morgan fingerprint density at radius 1 is 2.00 bits per heavy atom. The number of rotatable bonds is 1. The van der Waals surface area contributed by atoms with Gasteiger partial charge in [-0.3, -0.25) is 0 Å². The third-order valence-electron chi connectivity index (χ3n) is 0.0772. The molecular formula is C2H3FGe. The summed E-state index contributed by atoms with van der Waals surface area (Å²) in [6, 6.07) is 0. The monoisotopic (exact) mass is 120 g/mol. The van der Waals surface area contributed by atoms with Crippen molar-refractivity contribution in [2.75, 3.05) is 0 Å². The summed E-state index contributed by atoms with van der Waals surface area (Å²) in [5.74, 6) is 0. The molecule has 22 valence electrons. The van der Waals surface area contributed by atoms with Gasteiger partial charge in [-0.25, -0.2) is 0 Å². The van der Waals surface area contributed by atoms with E-state index in [2.05, 4.69) is 6.58 Å². The van der Waals surface area contributed by atoms with Gasteiger partial charge in [0.1, 0.15) is 0 Å². The molecule has 0 unspecified atom stereocenters. The Morgan fingerprint density at radius 2 is 2.25 bits per heavy atom. The second-order valence-corrected chi connectivity index (χ2v) is 1.63. The summed E-state index contributed by atoms with van der Waals surface area (Å²) in [6.07, 6.45) is 0. The zero-order chi connectivity index (χ0) is 3.41. The molecule has 0 saturated heterocycles. The van der Waals surface area contributed by atoms with Crippen LogP contribution in [0.5, 0.6) is 0 Å². The van der Waals surface area contributed by atoms with Gasteiger partial charge in [-0.1, -0.05) is 0 Å². The van der Waals surface area contributed by atoms with Crippen molar-refractivity contribution in [2.45, 2.75) is 0 Å². The molecule has 0 bridgehead atoms. The summed E-state index contributed by atoms with van der Waals surface area (Å²) >= 11 is -1.22. The van der Waals surface area contributed by atoms with Crippen molar-refractivity contribution in [3.05, 3.63) is 11.5 Å². The van der Waals surface area contributed by atoms with Crippen LogP contribution in [0.1, 0.15) is 0 Å². The molecule has 4 heavy (non-hydrogen) atoms. The molecule has 0 saturated carbocycles. The Hall–Kier alpha value is 0.213. The van der Waals surface area contributed by atoms with E-state index in [0.29, 0.717) is 0 Å². The van der Waals surface area contributed by atoms with Crippen LogP contribution in [0.25, 0.3) is 0 Å². The van der Waals surface area contributed by atoms with Crippen molar-refractivity contribution < 1.29 is 3.50 Å². The van der Waals surface area contributed by atoms with Crippen LogP contribution < -0.4 is 0 Å². The van der Waals surface area contributed by atoms with Gasteiger partial charge in [0.15, 0.2) is 0 Å². The van der Waals surface area contributed by atoms with Crippen LogP contribution >= 0.6 is 0 Å². The molecule has 0 N–H and O–H groups in total. The van der Waals surface area contributed by atoms with Gasteiger partial charge in [0.25, 0.3) is 0 Å². The molecule has 0 aliphatic heterocycles. The average Bonchev–Trinajstić information content (AvgIpc) is 1.37. The molecular weight excluding hydrogens is 116 g/mol. The normalized spacial score (nSPS) is 6.25. The summed E-state index contributed by atoms with van der Waals surface area (Å²) in [5, 5.41) is 0. The van der Waals surface area contributed by atoms with E-state index >= 15 is 0 Å². The van der Waals surface area contributed by atoms with Crippen LogP contribution in [-0.4, -0.2) is 15.9 Å². The fourth-order valence-electron chi connectivity index (χ4n) is 0. The van der Waals surface area contributed by atoms with Crippen molar-refractivity contribution in [3.63, 3.8) is 0 Å². The van der Waals surface area contributed by atoms with Crippen LogP contribution in [0.2, 0.25) is 0 Å². The molecule has 0 spiro atoms. The molecule has 0 aliphatic rings. The zero-order valence-electron chi connectivity index (χ0n) is 2.16. The van der Waals surface area contributed by atoms with Crippen LogP contribution in [0.3, 0.4) is 0 Å². The van der Waals surface area contributed by atoms with E-state index in [4.69, 9.17) is 0 Å². The van der Waals surface area contributed by atoms with E-state index in [1.54, 1.807) is 0 Å². The van der Waals surface area contributed by atoms with Gasteiger partial charge in [0.2, 0.25) is 0 Å². The minimum absolute atomic E-state index is 1.22. The second-order valence-electron chi connectivity index (χ2n) is 0.313. The summed E-state index contributed by atoms with van der Waals surface area (Å²) in [4.78, 5) is 1.33. The maximum atomic E-state index is 10.7. The first-order valence-corrected chi connectivity index (χ1v) is 2.89. The average molecular weight is 119 g/mol. The van der Waals surface area contributed by atoms with Gasteiger partial charge in [-0.15, -0.1) is 0 Å². The summed E-state index contributed by atoms with van der Waals surface area (Å²) in [7, 11) is 0. The third-order valence-corrected chi connectivity index (χ3v) is 0.401. The van der Waals surface area contributed by atoms with Gasteiger partial charge in [-0.2, -0.15) is 0 Å². The molecule has 0 rings (SSSR count). The van der Waals surface area contributed by atoms with Crippen LogP contribution in [0, 0.1) is 0 Å². The Morgan fingerprint density at radius 3 is 2.25 bits per heavy atom. The fraction of sp³-hybridized carbons (Fsp3) is 0. The Balaban J connectivity index is 2.30. The zero-order valence-corrected chi connectivity index (χ0v) is 4.26. The van der Waals surface area contributed by atoms with E-state index in [9.17, 15) is 3.50 Å². The molecule has 0 aromatic rings. The predicted molar refractivity (Wildman–Crippen MR) is 17.1 cm³/mol. The standard InChI is InChI=1S/C2H3FGe/c1-2-4-3/h2H,1H2. The molecule has 0 aliphatic carbocycles. The first kappa shape index (κ1) is 4.21. The minimum atomic E-state index is -1.22. The molecule has 0 amide bonds. The second kappa shape index (κ2) is 3.21. The quantitative estimate of drug-likeness (QED) is 0.445. The van der Waals surface area contributed by atoms with Gasteiger partial charge in [0.05, 0.1) is 0 Å². The first-order chi connectivity index (χ1) is 1.91. The predicted octanol–water partition coefficient (Wildman–Crippen LogP) is 0.719. The molecule has 0 nitrogen and oxygen atoms in total. The molecule has 0 aromatic carbocycles. The molecule has 0 heterocycles. The molecule has 2 heteroatoms. The molecule has 0 atom stereocenters. The van der Waals surface area contributed by atoms with E-state index in [0.717, 1.165) is 0 Å². The molecule has 0 fully saturated rings. The molecule has 0 aromatic heterocycles. The fourth-order valence-corrected chi connectivity index (χ4v) is 0. The first-order valence-electron chi connectivity index (χ1n) is 0.886. The SMILES string of the molecule is C=[CH][Ge][F]. The number of hydrogen-bond donors (Lipinski definition) is 0. The Labute approximate surface area is 31.7 Å². The van der Waals surface area contributed by atoms with Gasteiger partial charge in [0, 0.05) is 0 Å². The third kappa shape index (κ3) is 2.21. The number of hydrogen-bond acceptors (Lipinski definition) is 0. The van der Waals surface area contributed by atoms with Crippen LogP contribution in [0.4, 0.5) is 3.50 Å². The van der Waals surface area contributed by atoms with Gasteiger partial charge in [-0.05, 0) is 0 Å². The maximum absolute atomic E-state index is 10.7. The summed E-state index contributed by atoms with van der Waals surface area (Å²) in [5.41, 5.74) is 0. The van der Waals surface area contributed by atoms with E-state index in [-0.39, 0.29) is 0 Å². The molecule has 2 radical (unpaired) electrons. The van der Waals surface area contributed by atoms with Crippen molar-refractivity contribution in [1.29, 1.82) is 0 Å². The van der Waals surface area contributed by atoms with E-state index in [1.807, 2.05) is 0 Å². The van der Waals surface area contributed by atoms with Crippen LogP contribution in [0.15, 0.2) is 11.5 Å². The summed E-state index contributed by atoms with van der Waals surface area (Å²) in [6.45, 7) is 3.16. The van der Waals surface area contributed by atoms with E-state index < -0.39 is 15.9 Å². The van der Waals surface area contributed by atoms with E-state index in [1.165, 1.54) is 4.91 Å². The van der Waals surface area contributed by atoms with Gasteiger partial charge < -0.3 is 0 Å². The van der Waals surface area contributed by atoms with Crippen molar-refractivity contribution in [2.24, 2.45) is 0 Å². The number of halogens is 1. The van der Waals surface area contributed by atoms with Crippen molar-refractivity contribution in [3.8, 4) is 0 Å². The van der Waals surface area contributed by atoms with Crippen LogP contribution in [-0.2, 0) is 0 Å². The Bertz CT molecular complexity index is 20.0. The Kier molecular flexibility index (Phi) is 3.38.